The molecule has 1 atom stereocenters. The second kappa shape index (κ2) is 8.40. The quantitative estimate of drug-likeness (QED) is 0.773. The zero-order valence-corrected chi connectivity index (χ0v) is 13.5. The summed E-state index contributed by atoms with van der Waals surface area (Å²) < 4.78 is 42.5. The molecule has 1 aromatic rings. The van der Waals surface area contributed by atoms with E-state index in [2.05, 4.69) is 10.6 Å². The Labute approximate surface area is 139 Å². The molecule has 0 aromatic heterocycles. The maximum Gasteiger partial charge on any atom is 0.416 e. The van der Waals surface area contributed by atoms with Crippen molar-refractivity contribution in [3.05, 3.63) is 29.8 Å². The Morgan fingerprint density at radius 2 is 1.96 bits per heavy atom. The molecule has 4 nitrogen and oxygen atoms in total. The molecule has 8 heteroatoms. The topological polar surface area (TPSA) is 50.4 Å². The van der Waals surface area contributed by atoms with Crippen LogP contribution in [0.3, 0.4) is 0 Å². The van der Waals surface area contributed by atoms with Gasteiger partial charge >= 0.3 is 6.18 Å². The maximum absolute atomic E-state index is 12.4. The molecule has 2 N–H and O–H groups in total. The van der Waals surface area contributed by atoms with Crippen LogP contribution < -0.4 is 15.4 Å². The molecule has 130 valence electrons. The van der Waals surface area contributed by atoms with Crippen molar-refractivity contribution in [3.8, 4) is 5.75 Å². The highest BCUT2D eigenvalue weighted by atomic mass is 35.5. The number of carbonyl (C=O) groups excluding carboxylic acids is 1. The fourth-order valence-corrected chi connectivity index (χ4v) is 2.12. The van der Waals surface area contributed by atoms with Crippen LogP contribution in [0.15, 0.2) is 24.3 Å². The molecule has 0 saturated carbocycles. The number of amides is 1. The van der Waals surface area contributed by atoms with Gasteiger partial charge in [-0.15, -0.1) is 12.4 Å². The Hall–Kier alpha value is -1.47. The molecule has 0 bridgehead atoms. The van der Waals surface area contributed by atoms with Gasteiger partial charge in [-0.25, -0.2) is 0 Å². The van der Waals surface area contributed by atoms with E-state index in [0.29, 0.717) is 18.2 Å². The number of rotatable bonds is 6. The van der Waals surface area contributed by atoms with E-state index in [0.717, 1.165) is 25.2 Å². The summed E-state index contributed by atoms with van der Waals surface area (Å²) in [7, 11) is 0. The van der Waals surface area contributed by atoms with Crippen molar-refractivity contribution >= 4 is 18.3 Å². The van der Waals surface area contributed by atoms with Crippen LogP contribution in [-0.4, -0.2) is 32.1 Å². The van der Waals surface area contributed by atoms with Gasteiger partial charge in [0.05, 0.1) is 12.1 Å². The molecule has 1 heterocycles. The first-order valence-electron chi connectivity index (χ1n) is 7.16. The molecule has 0 radical (unpaired) electrons. The fourth-order valence-electron chi connectivity index (χ4n) is 2.12. The minimum atomic E-state index is -4.35. The highest BCUT2D eigenvalue weighted by Gasteiger charge is 2.30. The molecular weight excluding hydrogens is 333 g/mol. The first-order valence-corrected chi connectivity index (χ1v) is 7.16. The molecule has 1 saturated heterocycles. The van der Waals surface area contributed by atoms with Gasteiger partial charge in [-0.3, -0.25) is 4.79 Å². The van der Waals surface area contributed by atoms with Gasteiger partial charge in [-0.05, 0) is 43.3 Å². The largest absolute Gasteiger partial charge is 0.492 e. The summed E-state index contributed by atoms with van der Waals surface area (Å²) >= 11 is 0. The first kappa shape index (κ1) is 19.6. The molecule has 1 unspecified atom stereocenters. The summed E-state index contributed by atoms with van der Waals surface area (Å²) in [5.74, 6) is 0.643. The van der Waals surface area contributed by atoms with E-state index in [1.54, 1.807) is 0 Å². The van der Waals surface area contributed by atoms with Crippen LogP contribution in [0.1, 0.15) is 12.5 Å². The van der Waals surface area contributed by atoms with Gasteiger partial charge in [0.2, 0.25) is 5.91 Å². The van der Waals surface area contributed by atoms with E-state index < -0.39 is 11.7 Å². The van der Waals surface area contributed by atoms with E-state index >= 15 is 0 Å². The Kier molecular flexibility index (Phi) is 7.15. The summed E-state index contributed by atoms with van der Waals surface area (Å²) in [5, 5.41) is 5.88. The Morgan fingerprint density at radius 1 is 1.35 bits per heavy atom. The van der Waals surface area contributed by atoms with E-state index in [1.165, 1.54) is 12.1 Å². The van der Waals surface area contributed by atoms with E-state index in [9.17, 15) is 18.0 Å². The molecule has 23 heavy (non-hydrogen) atoms. The molecule has 1 aliphatic heterocycles. The smallest absolute Gasteiger partial charge is 0.416 e. The van der Waals surface area contributed by atoms with Gasteiger partial charge in [0.1, 0.15) is 12.4 Å². The second-order valence-electron chi connectivity index (χ2n) is 5.37. The lowest BCUT2D eigenvalue weighted by atomic mass is 9.88. The molecular formula is C15H20ClF3N2O2. The van der Waals surface area contributed by atoms with Gasteiger partial charge in [0.15, 0.2) is 0 Å². The lowest BCUT2D eigenvalue weighted by molar-refractivity contribution is -0.137. The number of benzene rings is 1. The van der Waals surface area contributed by atoms with Gasteiger partial charge in [-0.2, -0.15) is 13.2 Å². The molecule has 1 fully saturated rings. The number of carbonyl (C=O) groups is 1. The number of nitrogens with one attached hydrogen (secondary N) is 2. The van der Waals surface area contributed by atoms with Crippen molar-refractivity contribution in [2.75, 3.05) is 26.2 Å². The first-order chi connectivity index (χ1) is 10.4. The maximum atomic E-state index is 12.4. The normalized spacial score (nSPS) is 16.0. The summed E-state index contributed by atoms with van der Waals surface area (Å²) in [6.45, 7) is 4.14. The predicted octanol–water partition coefficient (Wildman–Crippen LogP) is 2.48. The number of hydrogen-bond donors (Lipinski definition) is 2. The Morgan fingerprint density at radius 3 is 2.43 bits per heavy atom. The summed E-state index contributed by atoms with van der Waals surface area (Å²) in [5.41, 5.74) is -0.712. The molecule has 2 rings (SSSR count). The molecule has 0 aliphatic carbocycles. The monoisotopic (exact) mass is 352 g/mol. The van der Waals surface area contributed by atoms with Gasteiger partial charge in [-0.1, -0.05) is 6.92 Å². The SMILES string of the molecule is CC(C(=O)NCCOc1ccc(C(F)(F)F)cc1)C1CNC1.Cl. The van der Waals surface area contributed by atoms with E-state index in [4.69, 9.17) is 4.74 Å². The molecule has 1 aliphatic rings. The van der Waals surface area contributed by atoms with Gasteiger partial charge in [0.25, 0.3) is 0 Å². The number of alkyl halides is 3. The summed E-state index contributed by atoms with van der Waals surface area (Å²) in [4.78, 5) is 11.8. The van der Waals surface area contributed by atoms with Gasteiger partial charge in [0, 0.05) is 5.92 Å². The van der Waals surface area contributed by atoms with Crippen LogP contribution in [0.25, 0.3) is 0 Å². The minimum Gasteiger partial charge on any atom is -0.492 e. The average Bonchev–Trinajstić information content (AvgIpc) is 2.41. The van der Waals surface area contributed by atoms with E-state index in [-0.39, 0.29) is 30.8 Å². The summed E-state index contributed by atoms with van der Waals surface area (Å²) in [6, 6.07) is 4.49. The standard InChI is InChI=1S/C15H19F3N2O2.ClH/c1-10(11-8-19-9-11)14(21)20-6-7-22-13-4-2-12(3-5-13)15(16,17)18;/h2-5,10-11,19H,6-9H2,1H3,(H,20,21);1H. The van der Waals surface area contributed by atoms with Crippen molar-refractivity contribution in [3.63, 3.8) is 0 Å². The van der Waals surface area contributed by atoms with E-state index in [1.807, 2.05) is 6.92 Å². The molecule has 1 amide bonds. The van der Waals surface area contributed by atoms with Crippen LogP contribution >= 0.6 is 12.4 Å². The highest BCUT2D eigenvalue weighted by molar-refractivity contribution is 5.85. The zero-order valence-electron chi connectivity index (χ0n) is 12.7. The number of halogens is 4. The average molecular weight is 353 g/mol. The van der Waals surface area contributed by atoms with Crippen LogP contribution in [-0.2, 0) is 11.0 Å². The van der Waals surface area contributed by atoms with Crippen molar-refractivity contribution in [2.24, 2.45) is 11.8 Å². The van der Waals surface area contributed by atoms with Crippen LogP contribution in [0.2, 0.25) is 0 Å². The zero-order chi connectivity index (χ0) is 16.2. The lowest BCUT2D eigenvalue weighted by Crippen LogP contribution is -2.49. The summed E-state index contributed by atoms with van der Waals surface area (Å²) in [6.07, 6.45) is -4.35. The molecule has 1 aromatic carbocycles. The van der Waals surface area contributed by atoms with Crippen LogP contribution in [0.5, 0.6) is 5.75 Å². The third-order valence-corrected chi connectivity index (χ3v) is 3.79. The van der Waals surface area contributed by atoms with Gasteiger partial charge < -0.3 is 15.4 Å². The third kappa shape index (κ3) is 5.58. The number of ether oxygens (including phenoxy) is 1. The molecule has 0 spiro atoms. The van der Waals surface area contributed by atoms with Crippen LogP contribution in [0.4, 0.5) is 13.2 Å². The Balaban J connectivity index is 0.00000264. The predicted molar refractivity (Wildman–Crippen MR) is 82.7 cm³/mol. The lowest BCUT2D eigenvalue weighted by Gasteiger charge is -2.31. The second-order valence-corrected chi connectivity index (χ2v) is 5.37. The van der Waals surface area contributed by atoms with Crippen molar-refractivity contribution in [1.29, 1.82) is 0 Å². The van der Waals surface area contributed by atoms with Crippen molar-refractivity contribution in [2.45, 2.75) is 13.1 Å². The minimum absolute atomic E-state index is 0. The highest BCUT2D eigenvalue weighted by Crippen LogP contribution is 2.30. The third-order valence-electron chi connectivity index (χ3n) is 3.79. The number of hydrogen-bond acceptors (Lipinski definition) is 3. The van der Waals surface area contributed by atoms with Crippen LogP contribution in [0, 0.1) is 11.8 Å². The van der Waals surface area contributed by atoms with Crippen molar-refractivity contribution < 1.29 is 22.7 Å². The Bertz CT molecular complexity index is 504. The fraction of sp³-hybridized carbons (Fsp3) is 0.533. The van der Waals surface area contributed by atoms with Crippen molar-refractivity contribution in [1.82, 2.24) is 10.6 Å².